The maximum Gasteiger partial charge on any atom is 0.191 e. The predicted octanol–water partition coefficient (Wildman–Crippen LogP) is 2.09. The van der Waals surface area contributed by atoms with Crippen molar-refractivity contribution in [3.05, 3.63) is 30.1 Å². The highest BCUT2D eigenvalue weighted by atomic mass is 127. The number of halogens is 1. The molecule has 6 heteroatoms. The van der Waals surface area contributed by atoms with Crippen molar-refractivity contribution in [2.45, 2.75) is 39.3 Å². The summed E-state index contributed by atoms with van der Waals surface area (Å²) >= 11 is 0. The predicted molar refractivity (Wildman–Crippen MR) is 93.5 cm³/mol. The average Bonchev–Trinajstić information content (AvgIpc) is 2.45. The molecule has 114 valence electrons. The largest absolute Gasteiger partial charge is 0.386 e. The number of guanidine groups is 1. The highest BCUT2D eigenvalue weighted by Gasteiger charge is 2.07. The second-order valence-corrected chi connectivity index (χ2v) is 4.47. The number of aliphatic hydroxyl groups is 1. The molecule has 1 rings (SSSR count). The lowest BCUT2D eigenvalue weighted by atomic mass is 10.1. The van der Waals surface area contributed by atoms with Crippen LogP contribution >= 0.6 is 24.0 Å². The number of aliphatic imine (C=N–C) groups is 1. The Balaban J connectivity index is 0.00000361. The van der Waals surface area contributed by atoms with Crippen LogP contribution in [0.1, 0.15) is 38.9 Å². The Hall–Kier alpha value is -0.890. The van der Waals surface area contributed by atoms with Gasteiger partial charge in [-0.3, -0.25) is 9.98 Å². The van der Waals surface area contributed by atoms with Gasteiger partial charge in [-0.15, -0.1) is 24.0 Å². The summed E-state index contributed by atoms with van der Waals surface area (Å²) in [5.74, 6) is 0.741. The lowest BCUT2D eigenvalue weighted by molar-refractivity contribution is 0.187. The molecule has 3 N–H and O–H groups in total. The van der Waals surface area contributed by atoms with Crippen molar-refractivity contribution in [2.75, 3.05) is 13.1 Å². The van der Waals surface area contributed by atoms with Crippen LogP contribution in [0, 0.1) is 0 Å². The first-order chi connectivity index (χ1) is 9.17. The SMILES string of the molecule is CCNC(=NCC(O)c1ccncc1)NC(C)CC.I. The van der Waals surface area contributed by atoms with Crippen LogP contribution in [0.3, 0.4) is 0 Å². The lowest BCUT2D eigenvalue weighted by Crippen LogP contribution is -2.42. The highest BCUT2D eigenvalue weighted by molar-refractivity contribution is 14.0. The maximum atomic E-state index is 10.0. The molecule has 0 aliphatic rings. The van der Waals surface area contributed by atoms with Gasteiger partial charge in [-0.1, -0.05) is 6.92 Å². The first kappa shape index (κ1) is 19.1. The van der Waals surface area contributed by atoms with E-state index in [0.29, 0.717) is 12.6 Å². The summed E-state index contributed by atoms with van der Waals surface area (Å²) in [6, 6.07) is 3.96. The quantitative estimate of drug-likeness (QED) is 0.394. The Morgan fingerprint density at radius 1 is 1.35 bits per heavy atom. The molecule has 1 aromatic rings. The van der Waals surface area contributed by atoms with Gasteiger partial charge in [-0.25, -0.2) is 0 Å². The lowest BCUT2D eigenvalue weighted by Gasteiger charge is -2.17. The van der Waals surface area contributed by atoms with Crippen molar-refractivity contribution in [1.82, 2.24) is 15.6 Å². The van der Waals surface area contributed by atoms with Crippen LogP contribution in [-0.2, 0) is 0 Å². The van der Waals surface area contributed by atoms with Crippen LogP contribution in [0.2, 0.25) is 0 Å². The molecule has 20 heavy (non-hydrogen) atoms. The molecule has 1 aromatic heterocycles. The second kappa shape index (κ2) is 10.8. The molecular weight excluding hydrogens is 367 g/mol. The Morgan fingerprint density at radius 2 is 2.00 bits per heavy atom. The summed E-state index contributed by atoms with van der Waals surface area (Å²) in [7, 11) is 0. The van der Waals surface area contributed by atoms with Gasteiger partial charge in [0.15, 0.2) is 5.96 Å². The summed E-state index contributed by atoms with van der Waals surface area (Å²) in [6.45, 7) is 7.37. The number of nitrogens with one attached hydrogen (secondary N) is 2. The van der Waals surface area contributed by atoms with E-state index >= 15 is 0 Å². The number of rotatable bonds is 6. The maximum absolute atomic E-state index is 10.0. The third-order valence-corrected chi connectivity index (χ3v) is 2.85. The van der Waals surface area contributed by atoms with E-state index < -0.39 is 6.10 Å². The minimum atomic E-state index is -0.601. The molecule has 5 nitrogen and oxygen atoms in total. The van der Waals surface area contributed by atoms with Gasteiger partial charge in [0.1, 0.15) is 0 Å². The Labute approximate surface area is 138 Å². The van der Waals surface area contributed by atoms with Crippen molar-refractivity contribution in [3.63, 3.8) is 0 Å². The topological polar surface area (TPSA) is 69.5 Å². The molecule has 0 saturated heterocycles. The summed E-state index contributed by atoms with van der Waals surface area (Å²) in [6.07, 6.45) is 3.77. The Kier molecular flexibility index (Phi) is 10.4. The molecule has 0 aromatic carbocycles. The van der Waals surface area contributed by atoms with Gasteiger partial charge in [-0.05, 0) is 38.0 Å². The van der Waals surface area contributed by atoms with E-state index in [2.05, 4.69) is 34.5 Å². The number of aromatic nitrogens is 1. The highest BCUT2D eigenvalue weighted by Crippen LogP contribution is 2.10. The van der Waals surface area contributed by atoms with Crippen LogP contribution in [-0.4, -0.2) is 35.2 Å². The minimum absolute atomic E-state index is 0. The van der Waals surface area contributed by atoms with Crippen molar-refractivity contribution in [3.8, 4) is 0 Å². The normalized spacial score (nSPS) is 14.1. The summed E-state index contributed by atoms with van der Waals surface area (Å²) in [4.78, 5) is 8.33. The van der Waals surface area contributed by atoms with Crippen LogP contribution in [0.4, 0.5) is 0 Å². The fourth-order valence-electron chi connectivity index (χ4n) is 1.52. The number of hydrogen-bond acceptors (Lipinski definition) is 3. The van der Waals surface area contributed by atoms with Crippen molar-refractivity contribution < 1.29 is 5.11 Å². The molecule has 0 bridgehead atoms. The molecule has 0 fully saturated rings. The van der Waals surface area contributed by atoms with Crippen LogP contribution in [0.15, 0.2) is 29.5 Å². The summed E-state index contributed by atoms with van der Waals surface area (Å²) in [5.41, 5.74) is 0.832. The van der Waals surface area contributed by atoms with E-state index in [1.807, 2.05) is 6.92 Å². The van der Waals surface area contributed by atoms with E-state index in [0.717, 1.165) is 24.5 Å². The van der Waals surface area contributed by atoms with Crippen molar-refractivity contribution in [2.24, 2.45) is 4.99 Å². The van der Waals surface area contributed by atoms with E-state index in [4.69, 9.17) is 0 Å². The van der Waals surface area contributed by atoms with E-state index in [1.54, 1.807) is 24.5 Å². The summed E-state index contributed by atoms with van der Waals surface area (Å²) in [5, 5.41) is 16.5. The molecule has 2 unspecified atom stereocenters. The second-order valence-electron chi connectivity index (χ2n) is 4.47. The van der Waals surface area contributed by atoms with Gasteiger partial charge in [0.25, 0.3) is 0 Å². The third kappa shape index (κ3) is 7.04. The van der Waals surface area contributed by atoms with E-state index in [-0.39, 0.29) is 24.0 Å². The van der Waals surface area contributed by atoms with Gasteiger partial charge in [0.2, 0.25) is 0 Å². The Morgan fingerprint density at radius 3 is 2.55 bits per heavy atom. The van der Waals surface area contributed by atoms with Gasteiger partial charge >= 0.3 is 0 Å². The molecule has 1 heterocycles. The fraction of sp³-hybridized carbons (Fsp3) is 0.571. The molecule has 0 amide bonds. The zero-order valence-corrected chi connectivity index (χ0v) is 14.7. The Bertz CT molecular complexity index is 386. The van der Waals surface area contributed by atoms with Crippen LogP contribution in [0.5, 0.6) is 0 Å². The monoisotopic (exact) mass is 392 g/mol. The van der Waals surface area contributed by atoms with Gasteiger partial charge in [0.05, 0.1) is 12.6 Å². The van der Waals surface area contributed by atoms with Crippen LogP contribution in [0.25, 0.3) is 0 Å². The molecule has 2 atom stereocenters. The number of nitrogens with zero attached hydrogens (tertiary/aromatic N) is 2. The average molecular weight is 392 g/mol. The third-order valence-electron chi connectivity index (χ3n) is 2.85. The van der Waals surface area contributed by atoms with E-state index in [1.165, 1.54) is 0 Å². The van der Waals surface area contributed by atoms with Gasteiger partial charge in [-0.2, -0.15) is 0 Å². The van der Waals surface area contributed by atoms with Crippen molar-refractivity contribution in [1.29, 1.82) is 0 Å². The fourth-order valence-corrected chi connectivity index (χ4v) is 1.52. The number of hydrogen-bond donors (Lipinski definition) is 3. The zero-order valence-electron chi connectivity index (χ0n) is 12.3. The molecular formula is C14H25IN4O. The molecule has 0 aliphatic heterocycles. The number of pyridine rings is 1. The minimum Gasteiger partial charge on any atom is -0.386 e. The smallest absolute Gasteiger partial charge is 0.191 e. The zero-order chi connectivity index (χ0) is 14.1. The van der Waals surface area contributed by atoms with Crippen molar-refractivity contribution >= 4 is 29.9 Å². The molecule has 0 saturated carbocycles. The first-order valence-corrected chi connectivity index (χ1v) is 6.80. The first-order valence-electron chi connectivity index (χ1n) is 6.80. The van der Waals surface area contributed by atoms with Crippen LogP contribution < -0.4 is 10.6 Å². The van der Waals surface area contributed by atoms with Gasteiger partial charge < -0.3 is 15.7 Å². The van der Waals surface area contributed by atoms with E-state index in [9.17, 15) is 5.11 Å². The standard InChI is InChI=1S/C14H24N4O.HI/c1-4-11(3)18-14(16-5-2)17-10-13(19)12-6-8-15-9-7-12;/h6-9,11,13,19H,4-5,10H2,1-3H3,(H2,16,17,18);1H. The number of aliphatic hydroxyl groups excluding tert-OH is 1. The molecule has 0 radical (unpaired) electrons. The van der Waals surface area contributed by atoms with Gasteiger partial charge in [0, 0.05) is 25.0 Å². The summed E-state index contributed by atoms with van der Waals surface area (Å²) < 4.78 is 0. The molecule has 0 spiro atoms. The molecule has 0 aliphatic carbocycles.